The van der Waals surface area contributed by atoms with E-state index in [0.717, 1.165) is 5.56 Å². The fourth-order valence-electron chi connectivity index (χ4n) is 3.71. The van der Waals surface area contributed by atoms with E-state index in [2.05, 4.69) is 10.2 Å². The van der Waals surface area contributed by atoms with Crippen LogP contribution in [0.3, 0.4) is 0 Å². The quantitative estimate of drug-likeness (QED) is 0.734. The average molecular weight is 366 g/mol. The zero-order valence-electron chi connectivity index (χ0n) is 14.5. The second kappa shape index (κ2) is 6.71. The van der Waals surface area contributed by atoms with E-state index in [9.17, 15) is 19.5 Å². The number of carbonyl (C=O) groups is 2. The number of aromatic nitrogens is 3. The van der Waals surface area contributed by atoms with Gasteiger partial charge in [0.2, 0.25) is 0 Å². The highest BCUT2D eigenvalue weighted by atomic mass is 16.4. The lowest BCUT2D eigenvalue weighted by Gasteiger charge is -2.32. The number of likely N-dealkylation sites (tertiary alicyclic amines) is 1. The molecule has 0 saturated carbocycles. The van der Waals surface area contributed by atoms with Gasteiger partial charge >= 0.3 is 11.7 Å². The Labute approximate surface area is 154 Å². The number of hydrogen-bond donors (Lipinski definition) is 2. The molecule has 0 atom stereocenters. The molecule has 8 nitrogen and oxygen atoms in total. The first-order valence-corrected chi connectivity index (χ1v) is 8.73. The van der Waals surface area contributed by atoms with Crippen LogP contribution in [0.2, 0.25) is 0 Å². The minimum atomic E-state index is -0.931. The number of rotatable bonds is 3. The lowest BCUT2D eigenvalue weighted by atomic mass is 9.86. The topological polar surface area (TPSA) is 108 Å². The number of aromatic carboxylic acids is 1. The van der Waals surface area contributed by atoms with E-state index in [1.54, 1.807) is 35.4 Å². The Kier molecular flexibility index (Phi) is 4.23. The maximum absolute atomic E-state index is 12.9. The summed E-state index contributed by atoms with van der Waals surface area (Å²) in [4.78, 5) is 37.8. The Morgan fingerprint density at radius 3 is 2.52 bits per heavy atom. The summed E-state index contributed by atoms with van der Waals surface area (Å²) in [5.74, 6) is -1.01. The van der Waals surface area contributed by atoms with Gasteiger partial charge in [-0.2, -0.15) is 5.10 Å². The zero-order chi connectivity index (χ0) is 19.0. The van der Waals surface area contributed by atoms with Crippen molar-refractivity contribution in [2.24, 2.45) is 0 Å². The number of nitrogens with one attached hydrogen (secondary N) is 1. The molecule has 0 aliphatic carbocycles. The summed E-state index contributed by atoms with van der Waals surface area (Å²) < 4.78 is 1.31. The summed E-state index contributed by atoms with van der Waals surface area (Å²) in [5, 5.41) is 15.7. The van der Waals surface area contributed by atoms with Crippen LogP contribution in [-0.2, 0) is 0 Å². The van der Waals surface area contributed by atoms with Gasteiger partial charge in [-0.05, 0) is 42.5 Å². The fourth-order valence-corrected chi connectivity index (χ4v) is 3.71. The molecule has 27 heavy (non-hydrogen) atoms. The van der Waals surface area contributed by atoms with Crippen molar-refractivity contribution >= 4 is 17.5 Å². The van der Waals surface area contributed by atoms with Crippen molar-refractivity contribution in [1.82, 2.24) is 19.5 Å². The second-order valence-corrected chi connectivity index (χ2v) is 6.60. The highest BCUT2D eigenvalue weighted by Gasteiger charge is 2.28. The van der Waals surface area contributed by atoms with E-state index in [0.29, 0.717) is 42.7 Å². The van der Waals surface area contributed by atoms with Gasteiger partial charge in [0, 0.05) is 19.3 Å². The maximum atomic E-state index is 12.9. The lowest BCUT2D eigenvalue weighted by molar-refractivity contribution is 0.0680. The molecule has 1 amide bonds. The third-order valence-corrected chi connectivity index (χ3v) is 5.09. The monoisotopic (exact) mass is 366 g/mol. The van der Waals surface area contributed by atoms with Crippen LogP contribution in [0.5, 0.6) is 0 Å². The smallest absolute Gasteiger partial charge is 0.347 e. The molecule has 1 fully saturated rings. The van der Waals surface area contributed by atoms with Crippen molar-refractivity contribution in [3.05, 3.63) is 69.8 Å². The van der Waals surface area contributed by atoms with Crippen molar-refractivity contribution in [2.45, 2.75) is 18.8 Å². The summed E-state index contributed by atoms with van der Waals surface area (Å²) in [6.07, 6.45) is 2.94. The van der Waals surface area contributed by atoms with Gasteiger partial charge in [0.15, 0.2) is 5.65 Å². The minimum Gasteiger partial charge on any atom is -0.478 e. The predicted octanol–water partition coefficient (Wildman–Crippen LogP) is 1.74. The highest BCUT2D eigenvalue weighted by Crippen LogP contribution is 2.31. The molecule has 3 heterocycles. The van der Waals surface area contributed by atoms with Crippen LogP contribution in [0.15, 0.2) is 47.4 Å². The Morgan fingerprint density at radius 2 is 1.78 bits per heavy atom. The number of piperidine rings is 1. The molecule has 0 spiro atoms. The molecular weight excluding hydrogens is 348 g/mol. The molecule has 0 radical (unpaired) electrons. The number of carbonyl (C=O) groups excluding carboxylic acids is 1. The van der Waals surface area contributed by atoms with Crippen molar-refractivity contribution in [3.63, 3.8) is 0 Å². The predicted molar refractivity (Wildman–Crippen MR) is 97.1 cm³/mol. The molecule has 1 aromatic carbocycles. The van der Waals surface area contributed by atoms with Crippen LogP contribution >= 0.6 is 0 Å². The van der Waals surface area contributed by atoms with Crippen LogP contribution in [0.25, 0.3) is 5.65 Å². The molecule has 8 heteroatoms. The summed E-state index contributed by atoms with van der Waals surface area (Å²) >= 11 is 0. The molecule has 1 aliphatic heterocycles. The Balaban J connectivity index is 1.53. The maximum Gasteiger partial charge on any atom is 0.347 e. The molecule has 3 aromatic rings. The Morgan fingerprint density at radius 1 is 1.07 bits per heavy atom. The SMILES string of the molecule is O=C(O)c1ccccc1C1CCN(C(=O)c2cccn3c(=O)[nH]nc23)CC1. The van der Waals surface area contributed by atoms with Gasteiger partial charge in [-0.15, -0.1) is 0 Å². The number of H-pyrrole nitrogens is 1. The summed E-state index contributed by atoms with van der Waals surface area (Å²) in [6, 6.07) is 10.3. The van der Waals surface area contributed by atoms with Crippen molar-refractivity contribution < 1.29 is 14.7 Å². The number of carboxylic acids is 1. The van der Waals surface area contributed by atoms with E-state index < -0.39 is 5.97 Å². The molecule has 1 aliphatic rings. The van der Waals surface area contributed by atoms with Crippen LogP contribution in [0.4, 0.5) is 0 Å². The van der Waals surface area contributed by atoms with Gasteiger partial charge in [-0.25, -0.2) is 19.1 Å². The molecular formula is C19H18N4O4. The summed E-state index contributed by atoms with van der Waals surface area (Å²) in [7, 11) is 0. The fraction of sp³-hybridized carbons (Fsp3) is 0.263. The van der Waals surface area contributed by atoms with Gasteiger partial charge in [0.1, 0.15) is 0 Å². The summed E-state index contributed by atoms with van der Waals surface area (Å²) in [5.41, 5.74) is 1.44. The number of benzene rings is 1. The number of amides is 1. The van der Waals surface area contributed by atoms with Gasteiger partial charge in [-0.1, -0.05) is 18.2 Å². The second-order valence-electron chi connectivity index (χ2n) is 6.60. The van der Waals surface area contributed by atoms with Crippen molar-refractivity contribution in [1.29, 1.82) is 0 Å². The van der Waals surface area contributed by atoms with E-state index >= 15 is 0 Å². The number of carboxylic acid groups (broad SMARTS) is 1. The van der Waals surface area contributed by atoms with Gasteiger partial charge in [0.25, 0.3) is 5.91 Å². The molecule has 0 bridgehead atoms. The van der Waals surface area contributed by atoms with Crippen LogP contribution in [-0.4, -0.2) is 49.6 Å². The molecule has 138 valence electrons. The Bertz CT molecular complexity index is 1080. The average Bonchev–Trinajstić information content (AvgIpc) is 3.09. The number of aromatic amines is 1. The van der Waals surface area contributed by atoms with E-state index in [-0.39, 0.29) is 17.5 Å². The third-order valence-electron chi connectivity index (χ3n) is 5.09. The third kappa shape index (κ3) is 2.99. The largest absolute Gasteiger partial charge is 0.478 e. The number of nitrogens with zero attached hydrogens (tertiary/aromatic N) is 3. The zero-order valence-corrected chi connectivity index (χ0v) is 14.5. The van der Waals surface area contributed by atoms with Crippen molar-refractivity contribution in [2.75, 3.05) is 13.1 Å². The molecule has 2 aromatic heterocycles. The van der Waals surface area contributed by atoms with Crippen molar-refractivity contribution in [3.8, 4) is 0 Å². The van der Waals surface area contributed by atoms with Gasteiger partial charge < -0.3 is 10.0 Å². The lowest BCUT2D eigenvalue weighted by Crippen LogP contribution is -2.38. The van der Waals surface area contributed by atoms with E-state index in [4.69, 9.17) is 0 Å². The molecule has 0 unspecified atom stereocenters. The number of hydrogen-bond acceptors (Lipinski definition) is 4. The first kappa shape index (κ1) is 17.0. The van der Waals surface area contributed by atoms with Crippen LogP contribution in [0.1, 0.15) is 45.0 Å². The van der Waals surface area contributed by atoms with Crippen LogP contribution < -0.4 is 5.69 Å². The Hall–Kier alpha value is -3.42. The molecule has 4 rings (SSSR count). The van der Waals surface area contributed by atoms with Gasteiger partial charge in [-0.3, -0.25) is 4.79 Å². The first-order chi connectivity index (χ1) is 13.1. The molecule has 1 saturated heterocycles. The van der Waals surface area contributed by atoms with Gasteiger partial charge in [0.05, 0.1) is 11.1 Å². The highest BCUT2D eigenvalue weighted by molar-refractivity contribution is 5.99. The standard InChI is InChI=1S/C19H18N4O4/c24-17(15-6-3-9-23-16(15)20-21-19(23)27)22-10-7-12(8-11-22)13-4-1-2-5-14(13)18(25)26/h1-6,9,12H,7-8,10-11H2,(H,21,27)(H,25,26). The minimum absolute atomic E-state index is 0.102. The van der Waals surface area contributed by atoms with E-state index in [1.165, 1.54) is 4.40 Å². The number of pyridine rings is 1. The first-order valence-electron chi connectivity index (χ1n) is 8.73. The van der Waals surface area contributed by atoms with E-state index in [1.807, 2.05) is 12.1 Å². The normalized spacial score (nSPS) is 15.2. The molecule has 2 N–H and O–H groups in total. The number of fused-ring (bicyclic) bond motifs is 1. The summed E-state index contributed by atoms with van der Waals surface area (Å²) in [6.45, 7) is 1.04. The van der Waals surface area contributed by atoms with Crippen LogP contribution in [0, 0.1) is 0 Å².